The van der Waals surface area contributed by atoms with E-state index in [0.29, 0.717) is 12.8 Å². The first kappa shape index (κ1) is 32.6. The molecule has 0 radical (unpaired) electrons. The van der Waals surface area contributed by atoms with E-state index in [0.717, 1.165) is 47.9 Å². The van der Waals surface area contributed by atoms with Crippen LogP contribution in [-0.4, -0.2) is 28.9 Å². The predicted molar refractivity (Wildman–Crippen MR) is 149 cm³/mol. The van der Waals surface area contributed by atoms with Gasteiger partial charge in [-0.05, 0) is 68.6 Å². The molecule has 5 nitrogen and oxygen atoms in total. The molecular weight excluding hydrogens is 464 g/mol. The number of hydrogen-bond acceptors (Lipinski definition) is 5. The molecule has 0 saturated heterocycles. The Morgan fingerprint density at radius 2 is 1.59 bits per heavy atom. The fraction of sp³-hybridized carbons (Fsp3) is 0.656. The van der Waals surface area contributed by atoms with Gasteiger partial charge in [-0.15, -0.1) is 0 Å². The van der Waals surface area contributed by atoms with E-state index in [-0.39, 0.29) is 72.4 Å². The molecule has 1 aliphatic rings. The highest BCUT2D eigenvalue weighted by atomic mass is 16.2. The normalized spacial score (nSPS) is 16.2. The summed E-state index contributed by atoms with van der Waals surface area (Å²) in [6.45, 7) is 13.2. The fourth-order valence-electron chi connectivity index (χ4n) is 5.57. The molecule has 0 spiro atoms. The molecule has 37 heavy (non-hydrogen) atoms. The Kier molecular flexibility index (Phi) is 14.5. The summed E-state index contributed by atoms with van der Waals surface area (Å²) >= 11 is 0. The summed E-state index contributed by atoms with van der Waals surface area (Å²) < 4.78 is 0. The number of benzene rings is 1. The van der Waals surface area contributed by atoms with Crippen molar-refractivity contribution in [2.24, 2.45) is 17.8 Å². The maximum atomic E-state index is 13.2. The van der Waals surface area contributed by atoms with Gasteiger partial charge in [-0.25, -0.2) is 0 Å². The van der Waals surface area contributed by atoms with Gasteiger partial charge < -0.3 is 4.79 Å². The lowest BCUT2D eigenvalue weighted by atomic mass is 9.72. The van der Waals surface area contributed by atoms with Gasteiger partial charge in [0.25, 0.3) is 0 Å². The molecule has 0 heterocycles. The lowest BCUT2D eigenvalue weighted by molar-refractivity contribution is -0.130. The average Bonchev–Trinajstić information content (AvgIpc) is 2.80. The summed E-state index contributed by atoms with van der Waals surface area (Å²) in [6.07, 6.45) is 6.64. The van der Waals surface area contributed by atoms with E-state index in [2.05, 4.69) is 20.8 Å². The average molecular weight is 513 g/mol. The predicted octanol–water partition coefficient (Wildman–Crippen LogP) is 7.02. The Morgan fingerprint density at radius 1 is 0.946 bits per heavy atom. The number of ketones is 5. The van der Waals surface area contributed by atoms with Crippen molar-refractivity contribution in [3.63, 3.8) is 0 Å². The standard InChI is InChI=1S/C29H40O5.C3H8/c1-6-8-23(26(7-2)27(33)13-19(4)31)14-21-15-24-11-10-22(17-25(32)12-9-18(3)30)20(5)29(24)28(34)16-21;1-3-2/h10-11,21,23,26H,6-9,12-17H2,1-5H3;3H2,1-2H3. The van der Waals surface area contributed by atoms with E-state index in [1.807, 2.05) is 26.0 Å². The molecule has 1 aromatic carbocycles. The minimum absolute atomic E-state index is 0.00173. The van der Waals surface area contributed by atoms with Gasteiger partial charge in [-0.1, -0.05) is 59.1 Å². The van der Waals surface area contributed by atoms with Crippen LogP contribution in [0.1, 0.15) is 126 Å². The molecule has 0 bridgehead atoms. The van der Waals surface area contributed by atoms with Crippen molar-refractivity contribution in [1.29, 1.82) is 0 Å². The Balaban J connectivity index is 0.00000217. The van der Waals surface area contributed by atoms with E-state index in [1.54, 1.807) is 0 Å². The maximum Gasteiger partial charge on any atom is 0.163 e. The Hall–Kier alpha value is -2.43. The minimum Gasteiger partial charge on any atom is -0.300 e. The van der Waals surface area contributed by atoms with Crippen molar-refractivity contribution in [2.45, 2.75) is 119 Å². The largest absolute Gasteiger partial charge is 0.300 e. The molecule has 3 unspecified atom stereocenters. The van der Waals surface area contributed by atoms with Crippen LogP contribution in [0.3, 0.4) is 0 Å². The molecule has 206 valence electrons. The molecule has 3 atom stereocenters. The molecular formula is C32H48O5. The zero-order chi connectivity index (χ0) is 28.1. The van der Waals surface area contributed by atoms with Gasteiger partial charge in [0.15, 0.2) is 5.78 Å². The maximum absolute atomic E-state index is 13.2. The smallest absolute Gasteiger partial charge is 0.163 e. The second-order valence-electron chi connectivity index (χ2n) is 10.9. The molecule has 0 aliphatic heterocycles. The van der Waals surface area contributed by atoms with Crippen molar-refractivity contribution in [3.05, 3.63) is 34.4 Å². The summed E-state index contributed by atoms with van der Waals surface area (Å²) in [7, 11) is 0. The topological polar surface area (TPSA) is 85.3 Å². The Labute approximate surface area is 224 Å². The molecule has 1 aromatic rings. The van der Waals surface area contributed by atoms with Gasteiger partial charge in [0.2, 0.25) is 0 Å². The van der Waals surface area contributed by atoms with Crippen LogP contribution in [0.15, 0.2) is 12.1 Å². The third-order valence-corrected chi connectivity index (χ3v) is 7.21. The van der Waals surface area contributed by atoms with Crippen LogP contribution in [0, 0.1) is 24.7 Å². The van der Waals surface area contributed by atoms with Crippen molar-refractivity contribution < 1.29 is 24.0 Å². The number of carbonyl (C=O) groups excluding carboxylic acids is 5. The number of fused-ring (bicyclic) bond motifs is 1. The Morgan fingerprint density at radius 3 is 2.14 bits per heavy atom. The van der Waals surface area contributed by atoms with Gasteiger partial charge in [0.05, 0.1) is 6.42 Å². The zero-order valence-electron chi connectivity index (χ0n) is 24.2. The van der Waals surface area contributed by atoms with E-state index in [4.69, 9.17) is 0 Å². The van der Waals surface area contributed by atoms with Crippen LogP contribution in [-0.2, 0) is 32.0 Å². The molecule has 1 aliphatic carbocycles. The van der Waals surface area contributed by atoms with Crippen LogP contribution in [0.2, 0.25) is 0 Å². The van der Waals surface area contributed by atoms with Crippen molar-refractivity contribution >= 4 is 28.9 Å². The monoisotopic (exact) mass is 512 g/mol. The lowest BCUT2D eigenvalue weighted by Crippen LogP contribution is -2.30. The Bertz CT molecular complexity index is 958. The molecule has 0 saturated carbocycles. The van der Waals surface area contributed by atoms with Crippen LogP contribution < -0.4 is 0 Å². The lowest BCUT2D eigenvalue weighted by Gasteiger charge is -2.32. The highest BCUT2D eigenvalue weighted by Crippen LogP contribution is 2.37. The molecule has 0 amide bonds. The molecule has 5 heteroatoms. The molecule has 2 rings (SSSR count). The zero-order valence-corrected chi connectivity index (χ0v) is 24.2. The first-order valence-corrected chi connectivity index (χ1v) is 14.2. The summed E-state index contributed by atoms with van der Waals surface area (Å²) in [5.41, 5.74) is 3.52. The van der Waals surface area contributed by atoms with Gasteiger partial charge in [-0.3, -0.25) is 19.2 Å². The van der Waals surface area contributed by atoms with Crippen LogP contribution in [0.5, 0.6) is 0 Å². The van der Waals surface area contributed by atoms with E-state index >= 15 is 0 Å². The van der Waals surface area contributed by atoms with Crippen molar-refractivity contribution in [3.8, 4) is 0 Å². The molecule has 0 N–H and O–H groups in total. The number of rotatable bonds is 14. The summed E-state index contributed by atoms with van der Waals surface area (Å²) in [4.78, 5) is 60.9. The summed E-state index contributed by atoms with van der Waals surface area (Å²) in [5.74, 6) is 0.302. The second-order valence-corrected chi connectivity index (χ2v) is 10.9. The fourth-order valence-corrected chi connectivity index (χ4v) is 5.57. The van der Waals surface area contributed by atoms with Crippen LogP contribution in [0.25, 0.3) is 0 Å². The van der Waals surface area contributed by atoms with E-state index in [9.17, 15) is 24.0 Å². The highest BCUT2D eigenvalue weighted by Gasteiger charge is 2.33. The van der Waals surface area contributed by atoms with E-state index in [1.165, 1.54) is 20.3 Å². The first-order chi connectivity index (χ1) is 17.5. The molecule has 0 fully saturated rings. The first-order valence-electron chi connectivity index (χ1n) is 14.2. The van der Waals surface area contributed by atoms with Gasteiger partial charge in [-0.2, -0.15) is 0 Å². The van der Waals surface area contributed by atoms with Crippen LogP contribution >= 0.6 is 0 Å². The molecule has 0 aromatic heterocycles. The van der Waals surface area contributed by atoms with Crippen molar-refractivity contribution in [2.75, 3.05) is 0 Å². The van der Waals surface area contributed by atoms with Gasteiger partial charge in [0.1, 0.15) is 23.1 Å². The number of hydrogen-bond donors (Lipinski definition) is 0. The summed E-state index contributed by atoms with van der Waals surface area (Å²) in [6, 6.07) is 3.93. The third kappa shape index (κ3) is 10.5. The minimum atomic E-state index is -0.134. The van der Waals surface area contributed by atoms with Gasteiger partial charge >= 0.3 is 0 Å². The second kappa shape index (κ2) is 16.4. The third-order valence-electron chi connectivity index (χ3n) is 7.21. The summed E-state index contributed by atoms with van der Waals surface area (Å²) in [5, 5.41) is 0. The number of Topliss-reactive ketones (excluding diaryl/α,β-unsaturated/α-hetero) is 5. The quantitative estimate of drug-likeness (QED) is 0.250. The highest BCUT2D eigenvalue weighted by molar-refractivity contribution is 6.01. The number of carbonyl (C=O) groups is 5. The SMILES string of the molecule is CCC.CCCC(CC1CC(=O)c2c(ccc(CC(=O)CCC(C)=O)c2C)C1)C(CC)C(=O)CC(C)=O. The van der Waals surface area contributed by atoms with Gasteiger partial charge in [0, 0.05) is 37.2 Å². The van der Waals surface area contributed by atoms with Crippen molar-refractivity contribution in [1.82, 2.24) is 0 Å². The van der Waals surface area contributed by atoms with Crippen LogP contribution in [0.4, 0.5) is 0 Å². The van der Waals surface area contributed by atoms with E-state index < -0.39 is 0 Å².